The molecule has 2 aromatic rings. The molecule has 1 aromatic heterocycles. The molecular formula is C28H40FN3O6. The maximum absolute atomic E-state index is 15.0. The summed E-state index contributed by atoms with van der Waals surface area (Å²) < 4.78 is 22.6. The first kappa shape index (κ1) is 29.4. The number of aromatic carboxylic acids is 1. The highest BCUT2D eigenvalue weighted by atomic mass is 19.1. The number of carboxylic acids is 2. The van der Waals surface area contributed by atoms with E-state index in [0.29, 0.717) is 36.5 Å². The number of piperazine rings is 1. The summed E-state index contributed by atoms with van der Waals surface area (Å²) in [5.41, 5.74) is -0.224. The van der Waals surface area contributed by atoms with Crippen LogP contribution in [0.15, 0.2) is 17.1 Å². The standard InChI is InChI=1S/C18H20FN3O4.C10H20O2/c1-10-9-26-17-14-11(16(23)12(18(24)25)8-22(10)14)7-13(19)15(17)21-5-3-20(2)4-6-21;1-2-3-4-5-6-7-8-9-10(11)12/h7-8,10H,3-6,9H2,1-2H3,(H,24,25);2-9H2,1H3,(H,11,12)/t10-;/m0./s1. The highest BCUT2D eigenvalue weighted by molar-refractivity contribution is 5.97. The van der Waals surface area contributed by atoms with Crippen LogP contribution in [0.4, 0.5) is 10.1 Å². The fraction of sp³-hybridized carbons (Fsp3) is 0.607. The number of hydrogen-bond acceptors (Lipinski definition) is 6. The average molecular weight is 534 g/mol. The SMILES string of the molecule is CCCCCCCCCC(=O)O.C[C@H]1COc2c(N3CCN(C)CC3)c(F)cc3c(=O)c(C(=O)O)cn1c23. The fourth-order valence-corrected chi connectivity index (χ4v) is 4.92. The van der Waals surface area contributed by atoms with Crippen LogP contribution in [0.1, 0.15) is 81.6 Å². The molecule has 1 saturated heterocycles. The number of ether oxygens (including phenoxy) is 1. The molecule has 1 aromatic carbocycles. The molecule has 0 unspecified atom stereocenters. The first-order valence-corrected chi connectivity index (χ1v) is 13.6. The number of carbonyl (C=O) groups is 2. The van der Waals surface area contributed by atoms with Gasteiger partial charge in [0.05, 0.1) is 16.9 Å². The Bertz CT molecular complexity index is 1190. The van der Waals surface area contributed by atoms with Crippen molar-refractivity contribution in [3.05, 3.63) is 33.9 Å². The Balaban J connectivity index is 0.000000284. The van der Waals surface area contributed by atoms with Crippen LogP contribution in [0.2, 0.25) is 0 Å². The van der Waals surface area contributed by atoms with Crippen molar-refractivity contribution in [3.8, 4) is 5.75 Å². The van der Waals surface area contributed by atoms with E-state index in [1.807, 2.05) is 18.9 Å². The van der Waals surface area contributed by atoms with Gasteiger partial charge in [-0.25, -0.2) is 9.18 Å². The van der Waals surface area contributed by atoms with Gasteiger partial charge < -0.3 is 29.3 Å². The van der Waals surface area contributed by atoms with E-state index in [4.69, 9.17) is 9.84 Å². The number of halogens is 1. The predicted octanol–water partition coefficient (Wildman–Crippen LogP) is 4.76. The van der Waals surface area contributed by atoms with Gasteiger partial charge in [0.1, 0.15) is 17.9 Å². The van der Waals surface area contributed by atoms with Crippen molar-refractivity contribution < 1.29 is 28.9 Å². The average Bonchev–Trinajstić information content (AvgIpc) is 2.87. The molecule has 0 bridgehead atoms. The summed E-state index contributed by atoms with van der Waals surface area (Å²) in [5, 5.41) is 17.7. The lowest BCUT2D eigenvalue weighted by atomic mass is 10.1. The monoisotopic (exact) mass is 533 g/mol. The number of likely N-dealkylation sites (N-methyl/N-ethyl adjacent to an activating group) is 1. The molecule has 2 aliphatic heterocycles. The number of carboxylic acid groups (broad SMARTS) is 2. The van der Waals surface area contributed by atoms with E-state index in [1.165, 1.54) is 38.3 Å². The number of anilines is 1. The van der Waals surface area contributed by atoms with E-state index < -0.39 is 23.2 Å². The molecule has 0 amide bonds. The van der Waals surface area contributed by atoms with Crippen molar-refractivity contribution in [1.82, 2.24) is 9.47 Å². The van der Waals surface area contributed by atoms with Gasteiger partial charge in [-0.2, -0.15) is 0 Å². The van der Waals surface area contributed by atoms with Crippen LogP contribution in [-0.4, -0.2) is 71.5 Å². The van der Waals surface area contributed by atoms with E-state index in [1.54, 1.807) is 4.57 Å². The summed E-state index contributed by atoms with van der Waals surface area (Å²) in [6.45, 7) is 7.27. The zero-order chi connectivity index (χ0) is 27.8. The predicted molar refractivity (Wildman–Crippen MR) is 145 cm³/mol. The molecule has 0 aliphatic carbocycles. The third-order valence-electron chi connectivity index (χ3n) is 7.19. The maximum atomic E-state index is 15.0. The molecule has 2 N–H and O–H groups in total. The van der Waals surface area contributed by atoms with Crippen molar-refractivity contribution in [1.29, 1.82) is 0 Å². The van der Waals surface area contributed by atoms with Crippen LogP contribution in [0, 0.1) is 5.82 Å². The highest BCUT2D eigenvalue weighted by Crippen LogP contribution is 2.42. The first-order valence-electron chi connectivity index (χ1n) is 13.6. The minimum absolute atomic E-state index is 0.0434. The topological polar surface area (TPSA) is 112 Å². The molecular weight excluding hydrogens is 493 g/mol. The molecule has 210 valence electrons. The van der Waals surface area contributed by atoms with Crippen LogP contribution in [0.25, 0.3) is 10.9 Å². The lowest BCUT2D eigenvalue weighted by molar-refractivity contribution is -0.137. The van der Waals surface area contributed by atoms with Gasteiger partial charge in [-0.05, 0) is 26.5 Å². The number of aromatic nitrogens is 1. The third kappa shape index (κ3) is 7.03. The summed E-state index contributed by atoms with van der Waals surface area (Å²) in [4.78, 5) is 38.2. The first-order chi connectivity index (χ1) is 18.1. The Kier molecular flexibility index (Phi) is 10.5. The van der Waals surface area contributed by atoms with Gasteiger partial charge in [0.15, 0.2) is 11.6 Å². The lowest BCUT2D eigenvalue weighted by Crippen LogP contribution is -2.45. The maximum Gasteiger partial charge on any atom is 0.341 e. The van der Waals surface area contributed by atoms with Crippen molar-refractivity contribution in [2.75, 3.05) is 44.7 Å². The molecule has 0 spiro atoms. The molecule has 1 fully saturated rings. The Morgan fingerprint density at radius 3 is 2.29 bits per heavy atom. The van der Waals surface area contributed by atoms with Crippen molar-refractivity contribution >= 4 is 28.5 Å². The molecule has 38 heavy (non-hydrogen) atoms. The zero-order valence-electron chi connectivity index (χ0n) is 22.7. The molecule has 10 heteroatoms. The second-order valence-electron chi connectivity index (χ2n) is 10.2. The van der Waals surface area contributed by atoms with Gasteiger partial charge in [-0.3, -0.25) is 9.59 Å². The van der Waals surface area contributed by atoms with Crippen LogP contribution in [0.5, 0.6) is 5.75 Å². The number of benzene rings is 1. The van der Waals surface area contributed by atoms with Gasteiger partial charge in [-0.15, -0.1) is 0 Å². The number of unbranched alkanes of at least 4 members (excludes halogenated alkanes) is 6. The van der Waals surface area contributed by atoms with E-state index in [-0.39, 0.29) is 23.6 Å². The van der Waals surface area contributed by atoms with Gasteiger partial charge in [0.2, 0.25) is 5.43 Å². The molecule has 0 radical (unpaired) electrons. The van der Waals surface area contributed by atoms with E-state index in [0.717, 1.165) is 32.0 Å². The van der Waals surface area contributed by atoms with Gasteiger partial charge >= 0.3 is 11.9 Å². The van der Waals surface area contributed by atoms with Gasteiger partial charge in [-0.1, -0.05) is 45.4 Å². The number of rotatable bonds is 10. The largest absolute Gasteiger partial charge is 0.487 e. The number of hydrogen-bond donors (Lipinski definition) is 2. The quantitative estimate of drug-likeness (QED) is 0.421. The van der Waals surface area contributed by atoms with Crippen LogP contribution < -0.4 is 15.1 Å². The molecule has 4 rings (SSSR count). The summed E-state index contributed by atoms with van der Waals surface area (Å²) in [6, 6.07) is 0.994. The summed E-state index contributed by atoms with van der Waals surface area (Å²) >= 11 is 0. The Morgan fingerprint density at radius 2 is 1.68 bits per heavy atom. The second kappa shape index (κ2) is 13.6. The Morgan fingerprint density at radius 1 is 1.05 bits per heavy atom. The van der Waals surface area contributed by atoms with Crippen molar-refractivity contribution in [3.63, 3.8) is 0 Å². The normalized spacial score (nSPS) is 17.1. The minimum Gasteiger partial charge on any atom is -0.487 e. The summed E-state index contributed by atoms with van der Waals surface area (Å²) in [6.07, 6.45) is 9.99. The fourth-order valence-electron chi connectivity index (χ4n) is 4.92. The second-order valence-corrected chi connectivity index (χ2v) is 10.2. The van der Waals surface area contributed by atoms with Crippen LogP contribution in [0.3, 0.4) is 0 Å². The highest BCUT2D eigenvalue weighted by Gasteiger charge is 2.30. The van der Waals surface area contributed by atoms with Gasteiger partial charge in [0.25, 0.3) is 0 Å². The van der Waals surface area contributed by atoms with E-state index >= 15 is 0 Å². The minimum atomic E-state index is -1.32. The number of nitrogens with zero attached hydrogens (tertiary/aromatic N) is 3. The number of pyridine rings is 1. The third-order valence-corrected chi connectivity index (χ3v) is 7.19. The Labute approximate surface area is 222 Å². The van der Waals surface area contributed by atoms with Crippen LogP contribution in [-0.2, 0) is 4.79 Å². The molecule has 0 saturated carbocycles. The zero-order valence-corrected chi connectivity index (χ0v) is 22.7. The summed E-state index contributed by atoms with van der Waals surface area (Å²) in [7, 11) is 2.02. The molecule has 2 aliphatic rings. The van der Waals surface area contributed by atoms with Crippen molar-refractivity contribution in [2.45, 2.75) is 71.3 Å². The van der Waals surface area contributed by atoms with Crippen molar-refractivity contribution in [2.24, 2.45) is 0 Å². The molecule has 9 nitrogen and oxygen atoms in total. The summed E-state index contributed by atoms with van der Waals surface area (Å²) in [5.74, 6) is -2.21. The molecule has 3 heterocycles. The molecule has 1 atom stereocenters. The van der Waals surface area contributed by atoms with E-state index in [2.05, 4.69) is 11.8 Å². The van der Waals surface area contributed by atoms with E-state index in [9.17, 15) is 23.9 Å². The van der Waals surface area contributed by atoms with Gasteiger partial charge in [0, 0.05) is 38.8 Å². The lowest BCUT2D eigenvalue weighted by Gasteiger charge is -2.37. The Hall–Kier alpha value is -3.14. The smallest absolute Gasteiger partial charge is 0.341 e. The van der Waals surface area contributed by atoms with Crippen LogP contribution >= 0.6 is 0 Å². The number of aliphatic carboxylic acids is 1.